The summed E-state index contributed by atoms with van der Waals surface area (Å²) in [5, 5.41) is 13.5. The van der Waals surface area contributed by atoms with Gasteiger partial charge >= 0.3 is 6.61 Å². The van der Waals surface area contributed by atoms with Gasteiger partial charge in [0, 0.05) is 12.6 Å². The molecule has 0 aliphatic carbocycles. The lowest BCUT2D eigenvalue weighted by molar-refractivity contribution is -0.0499. The number of aliphatic hydroxyl groups is 1. The molecule has 0 spiro atoms. The standard InChI is InChI=1S/C16H23F2NO3/c1-10-6-13(7-11(2)21-10)19-9-15(20)12-4-3-5-14(8-12)22-16(17)18/h3-5,8,10-11,13,15-16,19-20H,6-7,9H2,1-2H3/t10-,11-,15+/m1/s1. The van der Waals surface area contributed by atoms with Crippen molar-refractivity contribution < 1.29 is 23.4 Å². The summed E-state index contributed by atoms with van der Waals surface area (Å²) in [6, 6.07) is 6.45. The Balaban J connectivity index is 1.87. The van der Waals surface area contributed by atoms with Crippen LogP contribution in [0.25, 0.3) is 0 Å². The van der Waals surface area contributed by atoms with Gasteiger partial charge in [-0.25, -0.2) is 0 Å². The topological polar surface area (TPSA) is 50.7 Å². The van der Waals surface area contributed by atoms with E-state index in [0.29, 0.717) is 12.1 Å². The fourth-order valence-electron chi connectivity index (χ4n) is 2.87. The SMILES string of the molecule is C[C@@H]1CC(NC[C@H](O)c2cccc(OC(F)F)c2)C[C@@H](C)O1. The number of alkyl halides is 2. The fourth-order valence-corrected chi connectivity index (χ4v) is 2.87. The van der Waals surface area contributed by atoms with Crippen molar-refractivity contribution in [2.24, 2.45) is 0 Å². The highest BCUT2D eigenvalue weighted by Crippen LogP contribution is 2.22. The maximum atomic E-state index is 12.2. The Hall–Kier alpha value is -1.24. The van der Waals surface area contributed by atoms with Crippen LogP contribution in [0, 0.1) is 0 Å². The molecule has 2 N–H and O–H groups in total. The van der Waals surface area contributed by atoms with Gasteiger partial charge < -0.3 is 19.9 Å². The van der Waals surface area contributed by atoms with E-state index in [9.17, 15) is 13.9 Å². The van der Waals surface area contributed by atoms with Gasteiger partial charge in [0.05, 0.1) is 18.3 Å². The predicted molar refractivity (Wildman–Crippen MR) is 79.1 cm³/mol. The van der Waals surface area contributed by atoms with Gasteiger partial charge in [-0.3, -0.25) is 0 Å². The Labute approximate surface area is 129 Å². The first-order valence-corrected chi connectivity index (χ1v) is 7.55. The van der Waals surface area contributed by atoms with Crippen molar-refractivity contribution in [3.63, 3.8) is 0 Å². The molecule has 0 bridgehead atoms. The first-order chi connectivity index (χ1) is 10.4. The zero-order valence-electron chi connectivity index (χ0n) is 12.8. The van der Waals surface area contributed by atoms with E-state index in [4.69, 9.17) is 4.74 Å². The van der Waals surface area contributed by atoms with E-state index >= 15 is 0 Å². The molecule has 0 unspecified atom stereocenters. The molecule has 3 atom stereocenters. The van der Waals surface area contributed by atoms with Crippen molar-refractivity contribution in [3.8, 4) is 5.75 Å². The van der Waals surface area contributed by atoms with Crippen molar-refractivity contribution in [2.75, 3.05) is 6.54 Å². The Morgan fingerprint density at radius 3 is 2.64 bits per heavy atom. The summed E-state index contributed by atoms with van der Waals surface area (Å²) in [5.74, 6) is 0.0554. The van der Waals surface area contributed by atoms with E-state index in [-0.39, 0.29) is 24.0 Å². The molecule has 1 fully saturated rings. The molecular weight excluding hydrogens is 292 g/mol. The second-order valence-corrected chi connectivity index (χ2v) is 5.80. The summed E-state index contributed by atoms with van der Waals surface area (Å²) in [6.07, 6.45) is 1.41. The number of rotatable bonds is 6. The molecule has 6 heteroatoms. The number of benzene rings is 1. The number of nitrogens with one attached hydrogen (secondary N) is 1. The zero-order chi connectivity index (χ0) is 16.1. The normalized spacial score (nSPS) is 26.9. The molecule has 4 nitrogen and oxygen atoms in total. The molecular formula is C16H23F2NO3. The Bertz CT molecular complexity index is 462. The molecule has 1 heterocycles. The molecule has 1 saturated heterocycles. The highest BCUT2D eigenvalue weighted by Gasteiger charge is 2.24. The van der Waals surface area contributed by atoms with Gasteiger partial charge in [0.1, 0.15) is 5.75 Å². The van der Waals surface area contributed by atoms with E-state index in [2.05, 4.69) is 10.1 Å². The third-order valence-electron chi connectivity index (χ3n) is 3.77. The number of halogens is 2. The van der Waals surface area contributed by atoms with Crippen LogP contribution in [0.5, 0.6) is 5.75 Å². The van der Waals surface area contributed by atoms with Crippen LogP contribution in [0.15, 0.2) is 24.3 Å². The molecule has 1 aliphatic rings. The largest absolute Gasteiger partial charge is 0.435 e. The minimum Gasteiger partial charge on any atom is -0.435 e. The van der Waals surface area contributed by atoms with E-state index < -0.39 is 12.7 Å². The quantitative estimate of drug-likeness (QED) is 0.847. The lowest BCUT2D eigenvalue weighted by Gasteiger charge is -2.33. The van der Waals surface area contributed by atoms with Gasteiger partial charge in [0.15, 0.2) is 0 Å². The van der Waals surface area contributed by atoms with Crippen molar-refractivity contribution in [2.45, 2.75) is 57.7 Å². The van der Waals surface area contributed by atoms with Gasteiger partial charge in [0.25, 0.3) is 0 Å². The fraction of sp³-hybridized carbons (Fsp3) is 0.625. The lowest BCUT2D eigenvalue weighted by atomic mass is 9.99. The summed E-state index contributed by atoms with van der Waals surface area (Å²) in [7, 11) is 0. The summed E-state index contributed by atoms with van der Waals surface area (Å²) in [5.41, 5.74) is 0.554. The molecule has 124 valence electrons. The molecule has 1 aromatic rings. The van der Waals surface area contributed by atoms with Crippen LogP contribution in [0.3, 0.4) is 0 Å². The number of aliphatic hydroxyl groups excluding tert-OH is 1. The van der Waals surface area contributed by atoms with Gasteiger partial charge in [-0.2, -0.15) is 8.78 Å². The molecule has 1 aromatic carbocycles. The maximum absolute atomic E-state index is 12.2. The van der Waals surface area contributed by atoms with Crippen LogP contribution in [0.2, 0.25) is 0 Å². The van der Waals surface area contributed by atoms with Crippen LogP contribution >= 0.6 is 0 Å². The minimum absolute atomic E-state index is 0.0554. The van der Waals surface area contributed by atoms with Crippen LogP contribution < -0.4 is 10.1 Å². The Kier molecular flexibility index (Phi) is 6.11. The summed E-state index contributed by atoms with van der Waals surface area (Å²) < 4.78 is 34.4. The van der Waals surface area contributed by atoms with E-state index in [1.54, 1.807) is 12.1 Å². The van der Waals surface area contributed by atoms with Gasteiger partial charge in [-0.15, -0.1) is 0 Å². The smallest absolute Gasteiger partial charge is 0.387 e. The number of hydrogen-bond acceptors (Lipinski definition) is 4. The average Bonchev–Trinajstić information content (AvgIpc) is 2.43. The molecule has 0 amide bonds. The van der Waals surface area contributed by atoms with Crippen LogP contribution in [-0.2, 0) is 4.74 Å². The van der Waals surface area contributed by atoms with E-state index in [0.717, 1.165) is 12.8 Å². The molecule has 1 aliphatic heterocycles. The first kappa shape index (κ1) is 17.1. The highest BCUT2D eigenvalue weighted by molar-refractivity contribution is 5.30. The van der Waals surface area contributed by atoms with E-state index in [1.807, 2.05) is 13.8 Å². The second kappa shape index (κ2) is 7.85. The van der Waals surface area contributed by atoms with Crippen LogP contribution in [-0.4, -0.2) is 36.5 Å². The zero-order valence-corrected chi connectivity index (χ0v) is 12.8. The van der Waals surface area contributed by atoms with Gasteiger partial charge in [-0.1, -0.05) is 12.1 Å². The first-order valence-electron chi connectivity index (χ1n) is 7.55. The maximum Gasteiger partial charge on any atom is 0.387 e. The molecule has 0 saturated carbocycles. The van der Waals surface area contributed by atoms with Gasteiger partial charge in [-0.05, 0) is 44.4 Å². The van der Waals surface area contributed by atoms with Crippen LogP contribution in [0.4, 0.5) is 8.78 Å². The summed E-state index contributed by atoms with van der Waals surface area (Å²) in [6.45, 7) is 1.57. The van der Waals surface area contributed by atoms with Crippen molar-refractivity contribution in [1.29, 1.82) is 0 Å². The second-order valence-electron chi connectivity index (χ2n) is 5.80. The van der Waals surface area contributed by atoms with Crippen LogP contribution in [0.1, 0.15) is 38.4 Å². The molecule has 0 radical (unpaired) electrons. The molecule has 2 rings (SSSR count). The predicted octanol–water partition coefficient (Wildman–Crippen LogP) is 2.87. The highest BCUT2D eigenvalue weighted by atomic mass is 19.3. The Morgan fingerprint density at radius 1 is 1.32 bits per heavy atom. The van der Waals surface area contributed by atoms with E-state index in [1.165, 1.54) is 12.1 Å². The monoisotopic (exact) mass is 315 g/mol. The van der Waals surface area contributed by atoms with Crippen molar-refractivity contribution in [1.82, 2.24) is 5.32 Å². The third-order valence-corrected chi connectivity index (χ3v) is 3.77. The summed E-state index contributed by atoms with van der Waals surface area (Å²) in [4.78, 5) is 0. The minimum atomic E-state index is -2.87. The number of hydrogen-bond donors (Lipinski definition) is 2. The Morgan fingerprint density at radius 2 is 2.00 bits per heavy atom. The van der Waals surface area contributed by atoms with Crippen molar-refractivity contribution >= 4 is 0 Å². The average molecular weight is 315 g/mol. The molecule has 0 aromatic heterocycles. The van der Waals surface area contributed by atoms with Gasteiger partial charge in [0.2, 0.25) is 0 Å². The van der Waals surface area contributed by atoms with Crippen molar-refractivity contribution in [3.05, 3.63) is 29.8 Å². The third kappa shape index (κ3) is 5.19. The lowest BCUT2D eigenvalue weighted by Crippen LogP contribution is -2.42. The summed E-state index contributed by atoms with van der Waals surface area (Å²) >= 11 is 0. The molecule has 22 heavy (non-hydrogen) atoms. The number of ether oxygens (including phenoxy) is 2.